The summed E-state index contributed by atoms with van der Waals surface area (Å²) in [6, 6.07) is 0. The molecule has 0 fully saturated rings. The second-order valence-corrected chi connectivity index (χ2v) is 2.11. The Labute approximate surface area is 60.5 Å². The molecule has 1 rings (SSSR count). The molecule has 3 nitrogen and oxygen atoms in total. The lowest BCUT2D eigenvalue weighted by atomic mass is 10.2. The maximum Gasteiger partial charge on any atom is 0.151 e. The molecule has 0 aromatic carbocycles. The molecule has 0 saturated carbocycles. The highest BCUT2D eigenvalue weighted by Gasteiger charge is 1.92. The average Bonchev–Trinajstić information content (AvgIpc) is 2.03. The van der Waals surface area contributed by atoms with Gasteiger partial charge in [0.25, 0.3) is 0 Å². The Balaban J connectivity index is 2.43. The van der Waals surface area contributed by atoms with Gasteiger partial charge in [0.2, 0.25) is 0 Å². The summed E-state index contributed by atoms with van der Waals surface area (Å²) < 4.78 is 0. The smallest absolute Gasteiger partial charge is 0.151 e. The van der Waals surface area contributed by atoms with E-state index >= 15 is 0 Å². The molecule has 0 atom stereocenters. The molecule has 1 radical (unpaired) electrons. The third kappa shape index (κ3) is 2.09. The van der Waals surface area contributed by atoms with Crippen molar-refractivity contribution in [2.24, 2.45) is 0 Å². The highest BCUT2D eigenvalue weighted by Crippen LogP contribution is 1.94. The minimum absolute atomic E-state index is 0.796. The Morgan fingerprint density at radius 1 is 1.60 bits per heavy atom. The zero-order chi connectivity index (χ0) is 7.23. The molecule has 1 aromatic rings. The molecular weight excluding hydrogens is 126 g/mol. The topological polar surface area (TPSA) is 38.7 Å². The number of aromatic nitrogens is 3. The largest absolute Gasteiger partial charge is 0.228 e. The van der Waals surface area contributed by atoms with Crippen LogP contribution in [0.4, 0.5) is 0 Å². The normalized spacial score (nSPS) is 9.70. The standard InChI is InChI=1S/C7H10N3/c1-2-3-4-7-8-5-6-9-10-7/h6H,2-4H2,1H3. The lowest BCUT2D eigenvalue weighted by Crippen LogP contribution is -1.95. The summed E-state index contributed by atoms with van der Waals surface area (Å²) in [5.74, 6) is 0.796. The summed E-state index contributed by atoms with van der Waals surface area (Å²) >= 11 is 0. The van der Waals surface area contributed by atoms with Gasteiger partial charge in [-0.05, 0) is 6.42 Å². The molecule has 0 aliphatic heterocycles. The molecule has 1 heterocycles. The highest BCUT2D eigenvalue weighted by atomic mass is 15.1. The Morgan fingerprint density at radius 2 is 2.50 bits per heavy atom. The number of hydrogen-bond acceptors (Lipinski definition) is 3. The minimum Gasteiger partial charge on any atom is -0.228 e. The van der Waals surface area contributed by atoms with Gasteiger partial charge >= 0.3 is 0 Å². The fourth-order valence-corrected chi connectivity index (χ4v) is 0.688. The molecule has 0 aliphatic rings. The lowest BCUT2D eigenvalue weighted by molar-refractivity contribution is 0.727. The van der Waals surface area contributed by atoms with Crippen LogP contribution in [0.5, 0.6) is 0 Å². The van der Waals surface area contributed by atoms with Crippen molar-refractivity contribution in [2.45, 2.75) is 26.2 Å². The van der Waals surface area contributed by atoms with Crippen LogP contribution < -0.4 is 0 Å². The second-order valence-electron chi connectivity index (χ2n) is 2.11. The quantitative estimate of drug-likeness (QED) is 0.622. The molecule has 10 heavy (non-hydrogen) atoms. The molecule has 3 heteroatoms. The van der Waals surface area contributed by atoms with E-state index in [-0.39, 0.29) is 0 Å². The van der Waals surface area contributed by atoms with Gasteiger partial charge in [-0.3, -0.25) is 0 Å². The van der Waals surface area contributed by atoms with E-state index in [1.807, 2.05) is 0 Å². The monoisotopic (exact) mass is 136 g/mol. The van der Waals surface area contributed by atoms with Gasteiger partial charge in [-0.25, -0.2) is 4.98 Å². The summed E-state index contributed by atoms with van der Waals surface area (Å²) in [7, 11) is 0. The van der Waals surface area contributed by atoms with Gasteiger partial charge in [0.05, 0.1) is 6.20 Å². The van der Waals surface area contributed by atoms with Crippen LogP contribution >= 0.6 is 0 Å². The van der Waals surface area contributed by atoms with E-state index < -0.39 is 0 Å². The van der Waals surface area contributed by atoms with Crippen LogP contribution in [0.15, 0.2) is 6.20 Å². The fourth-order valence-electron chi connectivity index (χ4n) is 0.688. The summed E-state index contributed by atoms with van der Waals surface area (Å²) in [6.07, 6.45) is 7.32. The summed E-state index contributed by atoms with van der Waals surface area (Å²) in [6.45, 7) is 2.14. The Hall–Kier alpha value is -0.990. The maximum atomic E-state index is 3.92. The van der Waals surface area contributed by atoms with Gasteiger partial charge < -0.3 is 0 Å². The van der Waals surface area contributed by atoms with Crippen LogP contribution in [-0.2, 0) is 6.42 Å². The molecule has 0 N–H and O–H groups in total. The van der Waals surface area contributed by atoms with E-state index in [9.17, 15) is 0 Å². The fraction of sp³-hybridized carbons (Fsp3) is 0.571. The Bertz CT molecular complexity index is 173. The third-order valence-electron chi connectivity index (χ3n) is 1.24. The number of rotatable bonds is 3. The van der Waals surface area contributed by atoms with Crippen molar-refractivity contribution in [3.8, 4) is 0 Å². The first-order chi connectivity index (χ1) is 4.93. The first kappa shape index (κ1) is 7.12. The highest BCUT2D eigenvalue weighted by molar-refractivity contribution is 4.79. The van der Waals surface area contributed by atoms with Gasteiger partial charge in [0, 0.05) is 6.42 Å². The number of nitrogens with zero attached hydrogens (tertiary/aromatic N) is 3. The number of hydrogen-bond donors (Lipinski definition) is 0. The predicted molar refractivity (Wildman–Crippen MR) is 37.3 cm³/mol. The lowest BCUT2D eigenvalue weighted by Gasteiger charge is -1.92. The van der Waals surface area contributed by atoms with Crippen molar-refractivity contribution in [1.82, 2.24) is 15.2 Å². The van der Waals surface area contributed by atoms with Crippen molar-refractivity contribution in [3.63, 3.8) is 0 Å². The first-order valence-electron chi connectivity index (χ1n) is 3.48. The van der Waals surface area contributed by atoms with Crippen LogP contribution in [0.1, 0.15) is 25.6 Å². The van der Waals surface area contributed by atoms with E-state index in [4.69, 9.17) is 0 Å². The van der Waals surface area contributed by atoms with Gasteiger partial charge in [-0.15, -0.1) is 5.10 Å². The van der Waals surface area contributed by atoms with E-state index in [1.165, 1.54) is 6.20 Å². The molecule has 0 amide bonds. The van der Waals surface area contributed by atoms with Crippen molar-refractivity contribution < 1.29 is 0 Å². The Morgan fingerprint density at radius 3 is 3.10 bits per heavy atom. The molecular formula is C7H10N3. The molecule has 1 aromatic heterocycles. The first-order valence-corrected chi connectivity index (χ1v) is 3.48. The van der Waals surface area contributed by atoms with Crippen molar-refractivity contribution >= 4 is 0 Å². The molecule has 53 valence electrons. The minimum atomic E-state index is 0.796. The maximum absolute atomic E-state index is 3.92. The zero-order valence-electron chi connectivity index (χ0n) is 6.04. The van der Waals surface area contributed by atoms with Gasteiger partial charge in [0.1, 0.15) is 6.20 Å². The van der Waals surface area contributed by atoms with Crippen LogP contribution in [0.25, 0.3) is 0 Å². The predicted octanol–water partition coefficient (Wildman–Crippen LogP) is 1.01. The second kappa shape index (κ2) is 3.93. The zero-order valence-corrected chi connectivity index (χ0v) is 6.04. The summed E-state index contributed by atoms with van der Waals surface area (Å²) in [4.78, 5) is 3.92. The van der Waals surface area contributed by atoms with Crippen molar-refractivity contribution in [1.29, 1.82) is 0 Å². The SMILES string of the molecule is CCCCc1n[c]cnn1. The van der Waals surface area contributed by atoms with E-state index in [0.29, 0.717) is 0 Å². The summed E-state index contributed by atoms with van der Waals surface area (Å²) in [5.41, 5.74) is 0. The number of unbranched alkanes of at least 4 members (excludes halogenated alkanes) is 1. The van der Waals surface area contributed by atoms with Gasteiger partial charge in [-0.1, -0.05) is 13.3 Å². The third-order valence-corrected chi connectivity index (χ3v) is 1.24. The molecule has 0 saturated heterocycles. The van der Waals surface area contributed by atoms with Crippen LogP contribution in [0.2, 0.25) is 0 Å². The van der Waals surface area contributed by atoms with Gasteiger partial charge in [-0.2, -0.15) is 5.10 Å². The van der Waals surface area contributed by atoms with Crippen LogP contribution in [0, 0.1) is 6.20 Å². The van der Waals surface area contributed by atoms with Gasteiger partial charge in [0.15, 0.2) is 5.82 Å². The van der Waals surface area contributed by atoms with Crippen molar-refractivity contribution in [2.75, 3.05) is 0 Å². The molecule has 0 bridgehead atoms. The van der Waals surface area contributed by atoms with Crippen LogP contribution in [0.3, 0.4) is 0 Å². The van der Waals surface area contributed by atoms with E-state index in [1.54, 1.807) is 0 Å². The molecule has 0 spiro atoms. The molecule has 0 unspecified atom stereocenters. The Kier molecular flexibility index (Phi) is 2.80. The number of aryl methyl sites for hydroxylation is 1. The van der Waals surface area contributed by atoms with Crippen LogP contribution in [-0.4, -0.2) is 15.2 Å². The average molecular weight is 136 g/mol. The van der Waals surface area contributed by atoms with E-state index in [0.717, 1.165) is 25.1 Å². The van der Waals surface area contributed by atoms with E-state index in [2.05, 4.69) is 28.3 Å². The summed E-state index contributed by atoms with van der Waals surface area (Å²) in [5, 5.41) is 7.49. The molecule has 0 aliphatic carbocycles. The van der Waals surface area contributed by atoms with Crippen molar-refractivity contribution in [3.05, 3.63) is 18.2 Å².